The summed E-state index contributed by atoms with van der Waals surface area (Å²) in [7, 11) is 0. The molecule has 106 valence electrons. The Labute approximate surface area is 121 Å². The van der Waals surface area contributed by atoms with Crippen molar-refractivity contribution in [3.05, 3.63) is 42.2 Å². The standard InChI is InChI=1S/C18H24N2/c1-13-6-5-9-18(14(13)2)20-12-16-11-19-10-15-7-3-4-8-17(15)16/h3-4,7-8,10-11,13-14,18,20H,5-6,9,12H2,1-2H3. The number of nitrogens with zero attached hydrogens (tertiary/aromatic N) is 1. The summed E-state index contributed by atoms with van der Waals surface area (Å²) >= 11 is 0. The first-order valence-corrected chi connectivity index (χ1v) is 7.80. The van der Waals surface area contributed by atoms with E-state index in [-0.39, 0.29) is 0 Å². The molecule has 2 nitrogen and oxygen atoms in total. The van der Waals surface area contributed by atoms with E-state index >= 15 is 0 Å². The first kappa shape index (κ1) is 13.6. The van der Waals surface area contributed by atoms with Gasteiger partial charge in [0.25, 0.3) is 0 Å². The fourth-order valence-electron chi connectivity index (χ4n) is 3.43. The molecule has 1 saturated carbocycles. The van der Waals surface area contributed by atoms with Gasteiger partial charge >= 0.3 is 0 Å². The van der Waals surface area contributed by atoms with Crippen molar-refractivity contribution in [1.82, 2.24) is 10.3 Å². The number of benzene rings is 1. The molecule has 1 fully saturated rings. The lowest BCUT2D eigenvalue weighted by Crippen LogP contribution is -2.40. The minimum atomic E-state index is 0.651. The Morgan fingerprint density at radius 1 is 1.15 bits per heavy atom. The lowest BCUT2D eigenvalue weighted by Gasteiger charge is -2.34. The largest absolute Gasteiger partial charge is 0.310 e. The van der Waals surface area contributed by atoms with Gasteiger partial charge in [-0.3, -0.25) is 4.98 Å². The van der Waals surface area contributed by atoms with Gasteiger partial charge in [-0.2, -0.15) is 0 Å². The van der Waals surface area contributed by atoms with Gasteiger partial charge in [0.1, 0.15) is 0 Å². The topological polar surface area (TPSA) is 24.9 Å². The van der Waals surface area contributed by atoms with Crippen LogP contribution in [0.2, 0.25) is 0 Å². The first-order valence-electron chi connectivity index (χ1n) is 7.80. The van der Waals surface area contributed by atoms with E-state index in [0.29, 0.717) is 6.04 Å². The van der Waals surface area contributed by atoms with Crippen LogP contribution in [0.25, 0.3) is 10.8 Å². The van der Waals surface area contributed by atoms with E-state index in [1.54, 1.807) is 0 Å². The van der Waals surface area contributed by atoms with Gasteiger partial charge in [0.15, 0.2) is 0 Å². The van der Waals surface area contributed by atoms with E-state index < -0.39 is 0 Å². The molecule has 20 heavy (non-hydrogen) atoms. The minimum Gasteiger partial charge on any atom is -0.310 e. The molecule has 0 aliphatic heterocycles. The SMILES string of the molecule is CC1CCCC(NCc2cncc3ccccc23)C1C. The Morgan fingerprint density at radius 3 is 2.90 bits per heavy atom. The number of hydrogen-bond acceptors (Lipinski definition) is 2. The van der Waals surface area contributed by atoms with Crippen LogP contribution in [0.3, 0.4) is 0 Å². The van der Waals surface area contributed by atoms with Crippen LogP contribution in [-0.4, -0.2) is 11.0 Å². The zero-order valence-corrected chi connectivity index (χ0v) is 12.5. The molecule has 3 unspecified atom stereocenters. The second-order valence-corrected chi connectivity index (χ2v) is 6.27. The number of pyridine rings is 1. The van der Waals surface area contributed by atoms with Gasteiger partial charge < -0.3 is 5.32 Å². The maximum absolute atomic E-state index is 4.37. The number of nitrogens with one attached hydrogen (secondary N) is 1. The number of hydrogen-bond donors (Lipinski definition) is 1. The van der Waals surface area contributed by atoms with Crippen LogP contribution in [-0.2, 0) is 6.54 Å². The average Bonchev–Trinajstić information content (AvgIpc) is 2.49. The highest BCUT2D eigenvalue weighted by Gasteiger charge is 2.26. The van der Waals surface area contributed by atoms with E-state index in [4.69, 9.17) is 0 Å². The molecule has 0 spiro atoms. The monoisotopic (exact) mass is 268 g/mol. The average molecular weight is 268 g/mol. The van der Waals surface area contributed by atoms with Crippen molar-refractivity contribution in [3.63, 3.8) is 0 Å². The van der Waals surface area contributed by atoms with Gasteiger partial charge in [-0.25, -0.2) is 0 Å². The molecule has 1 aliphatic carbocycles. The lowest BCUT2D eigenvalue weighted by molar-refractivity contribution is 0.206. The third kappa shape index (κ3) is 2.71. The Balaban J connectivity index is 1.74. The minimum absolute atomic E-state index is 0.651. The molecule has 1 aromatic heterocycles. The summed E-state index contributed by atoms with van der Waals surface area (Å²) in [4.78, 5) is 4.37. The van der Waals surface area contributed by atoms with Crippen molar-refractivity contribution >= 4 is 10.8 Å². The molecule has 1 aliphatic rings. The Bertz CT molecular complexity index is 573. The smallest absolute Gasteiger partial charge is 0.0346 e. The Hall–Kier alpha value is -1.41. The fraction of sp³-hybridized carbons (Fsp3) is 0.500. The molecule has 3 rings (SSSR count). The van der Waals surface area contributed by atoms with Gasteiger partial charge in [0.2, 0.25) is 0 Å². The number of fused-ring (bicyclic) bond motifs is 1. The van der Waals surface area contributed by atoms with Crippen LogP contribution < -0.4 is 5.32 Å². The molecule has 0 saturated heterocycles. The first-order chi connectivity index (χ1) is 9.75. The van der Waals surface area contributed by atoms with Gasteiger partial charge in [-0.1, -0.05) is 51.0 Å². The van der Waals surface area contributed by atoms with E-state index in [2.05, 4.69) is 48.4 Å². The van der Waals surface area contributed by atoms with Crippen molar-refractivity contribution < 1.29 is 0 Å². The molecule has 3 atom stereocenters. The Kier molecular flexibility index (Phi) is 4.02. The van der Waals surface area contributed by atoms with Gasteiger partial charge in [-0.15, -0.1) is 0 Å². The van der Waals surface area contributed by atoms with Crippen LogP contribution in [0, 0.1) is 11.8 Å². The molecular formula is C18H24N2. The fourth-order valence-corrected chi connectivity index (χ4v) is 3.43. The van der Waals surface area contributed by atoms with Crippen molar-refractivity contribution in [3.8, 4) is 0 Å². The van der Waals surface area contributed by atoms with Crippen molar-refractivity contribution in [2.45, 2.75) is 45.7 Å². The van der Waals surface area contributed by atoms with E-state index in [1.807, 2.05) is 12.4 Å². The van der Waals surface area contributed by atoms with Crippen molar-refractivity contribution in [2.75, 3.05) is 0 Å². The summed E-state index contributed by atoms with van der Waals surface area (Å²) in [6.07, 6.45) is 8.01. The maximum Gasteiger partial charge on any atom is 0.0346 e. The maximum atomic E-state index is 4.37. The van der Waals surface area contributed by atoms with Gasteiger partial charge in [0, 0.05) is 30.4 Å². The molecule has 0 amide bonds. The number of rotatable bonds is 3. The third-order valence-electron chi connectivity index (χ3n) is 5.01. The highest BCUT2D eigenvalue weighted by atomic mass is 14.9. The summed E-state index contributed by atoms with van der Waals surface area (Å²) in [5.41, 5.74) is 1.31. The van der Waals surface area contributed by atoms with Gasteiger partial charge in [0.05, 0.1) is 0 Å². The lowest BCUT2D eigenvalue weighted by atomic mass is 9.78. The molecule has 1 heterocycles. The number of aromatic nitrogens is 1. The molecule has 1 aromatic carbocycles. The molecule has 0 radical (unpaired) electrons. The van der Waals surface area contributed by atoms with Crippen LogP contribution in [0.5, 0.6) is 0 Å². The zero-order chi connectivity index (χ0) is 13.9. The summed E-state index contributed by atoms with van der Waals surface area (Å²) in [5.74, 6) is 1.61. The molecule has 2 heteroatoms. The van der Waals surface area contributed by atoms with Crippen molar-refractivity contribution in [2.24, 2.45) is 11.8 Å². The van der Waals surface area contributed by atoms with Crippen LogP contribution in [0.15, 0.2) is 36.7 Å². The highest BCUT2D eigenvalue weighted by molar-refractivity contribution is 5.84. The summed E-state index contributed by atoms with van der Waals surface area (Å²) < 4.78 is 0. The highest BCUT2D eigenvalue weighted by Crippen LogP contribution is 2.29. The van der Waals surface area contributed by atoms with Crippen LogP contribution in [0.4, 0.5) is 0 Å². The van der Waals surface area contributed by atoms with E-state index in [0.717, 1.165) is 18.4 Å². The summed E-state index contributed by atoms with van der Waals surface area (Å²) in [5, 5.41) is 6.33. The third-order valence-corrected chi connectivity index (χ3v) is 5.01. The van der Waals surface area contributed by atoms with E-state index in [1.165, 1.54) is 35.6 Å². The van der Waals surface area contributed by atoms with Crippen LogP contribution in [0.1, 0.15) is 38.7 Å². The second kappa shape index (κ2) is 5.92. The second-order valence-electron chi connectivity index (χ2n) is 6.27. The summed E-state index contributed by atoms with van der Waals surface area (Å²) in [6.45, 7) is 5.71. The molecule has 0 bridgehead atoms. The molecular weight excluding hydrogens is 244 g/mol. The summed E-state index contributed by atoms with van der Waals surface area (Å²) in [6, 6.07) is 9.17. The predicted octanol–water partition coefficient (Wildman–Crippen LogP) is 4.15. The normalized spacial score (nSPS) is 26.8. The predicted molar refractivity (Wildman–Crippen MR) is 84.5 cm³/mol. The van der Waals surface area contributed by atoms with E-state index in [9.17, 15) is 0 Å². The van der Waals surface area contributed by atoms with Crippen LogP contribution >= 0.6 is 0 Å². The zero-order valence-electron chi connectivity index (χ0n) is 12.5. The van der Waals surface area contributed by atoms with Crippen molar-refractivity contribution in [1.29, 1.82) is 0 Å². The molecule has 1 N–H and O–H groups in total. The van der Waals surface area contributed by atoms with Gasteiger partial charge in [-0.05, 0) is 29.2 Å². The molecule has 2 aromatic rings. The quantitative estimate of drug-likeness (QED) is 0.904. The Morgan fingerprint density at radius 2 is 2.00 bits per heavy atom.